The maximum Gasteiger partial charge on any atom is 0.119 e. The molecule has 0 unspecified atom stereocenters. The quantitative estimate of drug-likeness (QED) is 0.795. The van der Waals surface area contributed by atoms with E-state index < -0.39 is 0 Å². The average molecular weight is 191 g/mol. The van der Waals surface area contributed by atoms with E-state index in [-0.39, 0.29) is 5.54 Å². The van der Waals surface area contributed by atoms with Crippen molar-refractivity contribution in [3.05, 3.63) is 29.8 Å². The first-order valence-electron chi connectivity index (χ1n) is 5.16. The second-order valence-corrected chi connectivity index (χ2v) is 4.32. The van der Waals surface area contributed by atoms with Crippen molar-refractivity contribution in [2.75, 3.05) is 6.61 Å². The number of benzene rings is 1. The van der Waals surface area contributed by atoms with Gasteiger partial charge in [0.05, 0.1) is 5.54 Å². The third kappa shape index (κ3) is 2.07. The van der Waals surface area contributed by atoms with E-state index in [1.807, 2.05) is 18.2 Å². The van der Waals surface area contributed by atoms with Crippen LogP contribution < -0.4 is 10.5 Å². The number of hydrogen-bond acceptors (Lipinski definition) is 2. The van der Waals surface area contributed by atoms with Gasteiger partial charge in [-0.15, -0.1) is 0 Å². The highest BCUT2D eigenvalue weighted by atomic mass is 16.5. The van der Waals surface area contributed by atoms with Gasteiger partial charge in [-0.05, 0) is 43.9 Å². The molecule has 0 amide bonds. The molecule has 1 aliphatic carbocycles. The first kappa shape index (κ1) is 9.53. The molecule has 0 spiro atoms. The molecule has 2 N–H and O–H groups in total. The van der Waals surface area contributed by atoms with Crippen molar-refractivity contribution in [3.63, 3.8) is 0 Å². The fourth-order valence-corrected chi connectivity index (χ4v) is 1.71. The lowest BCUT2D eigenvalue weighted by molar-refractivity contribution is 0.142. The Balaban J connectivity index is 1.91. The van der Waals surface area contributed by atoms with Gasteiger partial charge in [-0.3, -0.25) is 0 Å². The summed E-state index contributed by atoms with van der Waals surface area (Å²) in [6.45, 7) is 2.71. The van der Waals surface area contributed by atoms with E-state index in [0.717, 1.165) is 18.6 Å². The molecule has 0 heterocycles. The summed E-state index contributed by atoms with van der Waals surface area (Å²) in [5, 5.41) is 0. The highest BCUT2D eigenvalue weighted by Gasteiger charge is 2.33. The molecule has 0 atom stereocenters. The minimum atomic E-state index is -0.0518. The number of aryl methyl sites for hydroxylation is 1. The molecule has 0 aliphatic heterocycles. The second-order valence-electron chi connectivity index (χ2n) is 4.32. The van der Waals surface area contributed by atoms with E-state index in [1.54, 1.807) is 0 Å². The lowest BCUT2D eigenvalue weighted by atomic mass is 9.78. The summed E-state index contributed by atoms with van der Waals surface area (Å²) in [6, 6.07) is 8.10. The monoisotopic (exact) mass is 191 g/mol. The summed E-state index contributed by atoms with van der Waals surface area (Å²) in [5.41, 5.74) is 7.24. The third-order valence-corrected chi connectivity index (χ3v) is 2.87. The summed E-state index contributed by atoms with van der Waals surface area (Å²) in [4.78, 5) is 0. The average Bonchev–Trinajstić information content (AvgIpc) is 2.12. The van der Waals surface area contributed by atoms with Crippen LogP contribution in [0.2, 0.25) is 0 Å². The van der Waals surface area contributed by atoms with Gasteiger partial charge in [0.1, 0.15) is 12.4 Å². The summed E-state index contributed by atoms with van der Waals surface area (Å²) < 4.78 is 5.67. The Hall–Kier alpha value is -1.02. The van der Waals surface area contributed by atoms with Gasteiger partial charge in [0.15, 0.2) is 0 Å². The highest BCUT2D eigenvalue weighted by molar-refractivity contribution is 5.27. The summed E-state index contributed by atoms with van der Waals surface area (Å²) >= 11 is 0. The summed E-state index contributed by atoms with van der Waals surface area (Å²) in [7, 11) is 0. The van der Waals surface area contributed by atoms with Gasteiger partial charge in [-0.25, -0.2) is 0 Å². The Kier molecular flexibility index (Phi) is 2.46. The zero-order chi connectivity index (χ0) is 10.0. The van der Waals surface area contributed by atoms with Gasteiger partial charge < -0.3 is 10.5 Å². The number of rotatable bonds is 3. The molecule has 1 aromatic rings. The van der Waals surface area contributed by atoms with Gasteiger partial charge >= 0.3 is 0 Å². The molecule has 1 saturated carbocycles. The van der Waals surface area contributed by atoms with Crippen LogP contribution in [0.1, 0.15) is 24.8 Å². The van der Waals surface area contributed by atoms with Crippen molar-refractivity contribution in [2.45, 2.75) is 31.7 Å². The zero-order valence-corrected chi connectivity index (χ0v) is 8.62. The Morgan fingerprint density at radius 1 is 1.43 bits per heavy atom. The number of hydrogen-bond donors (Lipinski definition) is 1. The van der Waals surface area contributed by atoms with Crippen molar-refractivity contribution in [1.82, 2.24) is 0 Å². The number of nitrogens with two attached hydrogens (primary N) is 1. The normalized spacial score (nSPS) is 18.7. The van der Waals surface area contributed by atoms with Crippen LogP contribution in [0.5, 0.6) is 5.75 Å². The Bertz CT molecular complexity index is 318. The molecule has 1 aromatic carbocycles. The molecular formula is C12H17NO. The van der Waals surface area contributed by atoms with E-state index in [9.17, 15) is 0 Å². The Morgan fingerprint density at radius 2 is 2.21 bits per heavy atom. The standard InChI is InChI=1S/C12H17NO/c1-10-4-2-5-11(8-10)14-9-12(13)6-3-7-12/h2,4-5,8H,3,6-7,9,13H2,1H3. The van der Waals surface area contributed by atoms with E-state index in [4.69, 9.17) is 10.5 Å². The van der Waals surface area contributed by atoms with Crippen LogP contribution in [0, 0.1) is 6.92 Å². The first-order valence-corrected chi connectivity index (χ1v) is 5.16. The molecule has 2 rings (SSSR count). The van der Waals surface area contributed by atoms with Crippen LogP contribution in [0.4, 0.5) is 0 Å². The molecule has 0 bridgehead atoms. The fraction of sp³-hybridized carbons (Fsp3) is 0.500. The molecule has 2 nitrogen and oxygen atoms in total. The van der Waals surface area contributed by atoms with E-state index in [0.29, 0.717) is 6.61 Å². The Morgan fingerprint density at radius 3 is 2.79 bits per heavy atom. The molecule has 0 saturated heterocycles. The SMILES string of the molecule is Cc1cccc(OCC2(N)CCC2)c1. The molecule has 76 valence electrons. The molecule has 14 heavy (non-hydrogen) atoms. The second kappa shape index (κ2) is 3.62. The minimum absolute atomic E-state index is 0.0518. The first-order chi connectivity index (χ1) is 6.68. The summed E-state index contributed by atoms with van der Waals surface area (Å²) in [6.07, 6.45) is 3.44. The van der Waals surface area contributed by atoms with Gasteiger partial charge in [0, 0.05) is 0 Å². The van der Waals surface area contributed by atoms with Crippen molar-refractivity contribution >= 4 is 0 Å². The van der Waals surface area contributed by atoms with Crippen LogP contribution in [-0.4, -0.2) is 12.1 Å². The van der Waals surface area contributed by atoms with Crippen LogP contribution in [0.25, 0.3) is 0 Å². The van der Waals surface area contributed by atoms with Crippen molar-refractivity contribution in [1.29, 1.82) is 0 Å². The van der Waals surface area contributed by atoms with Gasteiger partial charge in [-0.2, -0.15) is 0 Å². The maximum absolute atomic E-state index is 6.06. The topological polar surface area (TPSA) is 35.2 Å². The smallest absolute Gasteiger partial charge is 0.119 e. The van der Waals surface area contributed by atoms with Gasteiger partial charge in [-0.1, -0.05) is 12.1 Å². The maximum atomic E-state index is 6.06. The van der Waals surface area contributed by atoms with E-state index in [1.165, 1.54) is 12.0 Å². The molecule has 1 aliphatic rings. The third-order valence-electron chi connectivity index (χ3n) is 2.87. The van der Waals surface area contributed by atoms with E-state index >= 15 is 0 Å². The molecule has 0 radical (unpaired) electrons. The van der Waals surface area contributed by atoms with Crippen LogP contribution in [-0.2, 0) is 0 Å². The predicted molar refractivity (Wildman–Crippen MR) is 57.4 cm³/mol. The Labute approximate surface area is 85.1 Å². The van der Waals surface area contributed by atoms with Crippen LogP contribution in [0.3, 0.4) is 0 Å². The van der Waals surface area contributed by atoms with Crippen molar-refractivity contribution < 1.29 is 4.74 Å². The molecular weight excluding hydrogens is 174 g/mol. The molecule has 1 fully saturated rings. The predicted octanol–water partition coefficient (Wildman–Crippen LogP) is 2.26. The van der Waals surface area contributed by atoms with Gasteiger partial charge in [0.25, 0.3) is 0 Å². The molecule has 0 aromatic heterocycles. The lowest BCUT2D eigenvalue weighted by Crippen LogP contribution is -2.51. The zero-order valence-electron chi connectivity index (χ0n) is 8.62. The van der Waals surface area contributed by atoms with Crippen molar-refractivity contribution in [3.8, 4) is 5.75 Å². The minimum Gasteiger partial charge on any atom is -0.492 e. The number of ether oxygens (including phenoxy) is 1. The largest absolute Gasteiger partial charge is 0.492 e. The van der Waals surface area contributed by atoms with E-state index in [2.05, 4.69) is 13.0 Å². The highest BCUT2D eigenvalue weighted by Crippen LogP contribution is 2.29. The summed E-state index contributed by atoms with van der Waals surface area (Å²) in [5.74, 6) is 0.932. The van der Waals surface area contributed by atoms with Gasteiger partial charge in [0.2, 0.25) is 0 Å². The lowest BCUT2D eigenvalue weighted by Gasteiger charge is -2.37. The fourth-order valence-electron chi connectivity index (χ4n) is 1.71. The van der Waals surface area contributed by atoms with Crippen LogP contribution >= 0.6 is 0 Å². The molecule has 2 heteroatoms. The van der Waals surface area contributed by atoms with Crippen molar-refractivity contribution in [2.24, 2.45) is 5.73 Å². The van der Waals surface area contributed by atoms with Crippen LogP contribution in [0.15, 0.2) is 24.3 Å².